The lowest BCUT2D eigenvalue weighted by atomic mass is 10.1. The Labute approximate surface area is 135 Å². The van der Waals surface area contributed by atoms with Crippen LogP contribution in [0.25, 0.3) is 0 Å². The van der Waals surface area contributed by atoms with Gasteiger partial charge in [0.1, 0.15) is 11.0 Å². The second-order valence-electron chi connectivity index (χ2n) is 5.55. The molecule has 2 aromatic rings. The van der Waals surface area contributed by atoms with Gasteiger partial charge in [0.15, 0.2) is 11.6 Å². The van der Waals surface area contributed by atoms with Crippen LogP contribution in [0.2, 0.25) is 5.15 Å². The van der Waals surface area contributed by atoms with Crippen molar-refractivity contribution in [3.8, 4) is 0 Å². The number of ketones is 1. The first-order valence-corrected chi connectivity index (χ1v) is 7.89. The van der Waals surface area contributed by atoms with Gasteiger partial charge in [-0.05, 0) is 18.4 Å². The van der Waals surface area contributed by atoms with Crippen LogP contribution in [0.5, 0.6) is 0 Å². The summed E-state index contributed by atoms with van der Waals surface area (Å²) < 4.78 is 0. The van der Waals surface area contributed by atoms with Crippen molar-refractivity contribution in [3.05, 3.63) is 52.4 Å². The van der Waals surface area contributed by atoms with E-state index in [0.717, 1.165) is 42.9 Å². The van der Waals surface area contributed by atoms with Gasteiger partial charge in [0.25, 0.3) is 0 Å². The number of halogens is 1. The molecule has 1 aliphatic rings. The minimum absolute atomic E-state index is 0.159. The molecule has 114 valence electrons. The van der Waals surface area contributed by atoms with Gasteiger partial charge < -0.3 is 4.90 Å². The van der Waals surface area contributed by atoms with Crippen molar-refractivity contribution in [1.29, 1.82) is 0 Å². The minimum atomic E-state index is -0.159. The molecule has 1 aliphatic heterocycles. The molecule has 4 nitrogen and oxygen atoms in total. The lowest BCUT2D eigenvalue weighted by molar-refractivity contribution is 0.100. The van der Waals surface area contributed by atoms with E-state index in [9.17, 15) is 4.79 Å². The number of anilines is 1. The Bertz CT molecular complexity index is 682. The Hall–Kier alpha value is -1.94. The van der Waals surface area contributed by atoms with Gasteiger partial charge in [-0.15, -0.1) is 0 Å². The number of carbonyl (C=O) groups excluding carboxylic acids is 1. The average Bonchev–Trinajstić information content (AvgIpc) is 3.04. The summed E-state index contributed by atoms with van der Waals surface area (Å²) in [6.07, 6.45) is 2.95. The molecule has 5 heteroatoms. The van der Waals surface area contributed by atoms with Gasteiger partial charge in [-0.25, -0.2) is 9.97 Å². The van der Waals surface area contributed by atoms with Gasteiger partial charge in [0.2, 0.25) is 0 Å². The lowest BCUT2D eigenvalue weighted by Gasteiger charge is -2.21. The maximum absolute atomic E-state index is 11.6. The van der Waals surface area contributed by atoms with Crippen LogP contribution in [-0.2, 0) is 6.42 Å². The molecule has 0 aliphatic carbocycles. The van der Waals surface area contributed by atoms with E-state index in [2.05, 4.69) is 27.0 Å². The van der Waals surface area contributed by atoms with Crippen molar-refractivity contribution >= 4 is 23.2 Å². The SMILES string of the molecule is CC(=O)c1nc(Cl)c(Cc2ccccc2)c(N2CCCC2)n1. The Morgan fingerprint density at radius 2 is 1.86 bits per heavy atom. The molecule has 22 heavy (non-hydrogen) atoms. The molecule has 0 radical (unpaired) electrons. The highest BCUT2D eigenvalue weighted by Gasteiger charge is 2.22. The van der Waals surface area contributed by atoms with Crippen molar-refractivity contribution in [1.82, 2.24) is 9.97 Å². The van der Waals surface area contributed by atoms with Crippen LogP contribution in [0.1, 0.15) is 41.5 Å². The van der Waals surface area contributed by atoms with E-state index < -0.39 is 0 Å². The van der Waals surface area contributed by atoms with Gasteiger partial charge in [-0.2, -0.15) is 0 Å². The zero-order valence-corrected chi connectivity index (χ0v) is 13.3. The monoisotopic (exact) mass is 315 g/mol. The maximum Gasteiger partial charge on any atom is 0.199 e. The first-order chi connectivity index (χ1) is 10.6. The van der Waals surface area contributed by atoms with E-state index in [0.29, 0.717) is 11.6 Å². The third-order valence-corrected chi connectivity index (χ3v) is 4.19. The summed E-state index contributed by atoms with van der Waals surface area (Å²) in [6.45, 7) is 3.37. The number of nitrogens with zero attached hydrogens (tertiary/aromatic N) is 3. The molecule has 2 heterocycles. The number of aromatic nitrogens is 2. The van der Waals surface area contributed by atoms with Crippen molar-refractivity contribution in [2.45, 2.75) is 26.2 Å². The molecule has 0 amide bonds. The molecular formula is C17H18ClN3O. The zero-order valence-electron chi connectivity index (χ0n) is 12.6. The molecule has 1 fully saturated rings. The largest absolute Gasteiger partial charge is 0.356 e. The average molecular weight is 316 g/mol. The van der Waals surface area contributed by atoms with Crippen LogP contribution >= 0.6 is 11.6 Å². The molecule has 0 N–H and O–H groups in total. The van der Waals surface area contributed by atoms with E-state index in [1.54, 1.807) is 0 Å². The third-order valence-electron chi connectivity index (χ3n) is 3.88. The Morgan fingerprint density at radius 3 is 2.50 bits per heavy atom. The van der Waals surface area contributed by atoms with Crippen molar-refractivity contribution < 1.29 is 4.79 Å². The van der Waals surface area contributed by atoms with Crippen molar-refractivity contribution in [2.75, 3.05) is 18.0 Å². The van der Waals surface area contributed by atoms with Crippen LogP contribution in [0.3, 0.4) is 0 Å². The fourth-order valence-electron chi connectivity index (χ4n) is 2.75. The third kappa shape index (κ3) is 3.12. The van der Waals surface area contributed by atoms with Crippen LogP contribution in [-0.4, -0.2) is 28.8 Å². The molecule has 1 aromatic carbocycles. The quantitative estimate of drug-likeness (QED) is 0.639. The van der Waals surface area contributed by atoms with Crippen LogP contribution < -0.4 is 4.90 Å². The predicted molar refractivity (Wildman–Crippen MR) is 87.7 cm³/mol. The molecule has 0 saturated carbocycles. The number of benzene rings is 1. The van der Waals surface area contributed by atoms with Gasteiger partial charge in [0, 0.05) is 32.0 Å². The summed E-state index contributed by atoms with van der Waals surface area (Å²) in [7, 11) is 0. The summed E-state index contributed by atoms with van der Waals surface area (Å²) in [5.41, 5.74) is 2.06. The number of hydrogen-bond donors (Lipinski definition) is 0. The fraction of sp³-hybridized carbons (Fsp3) is 0.353. The van der Waals surface area contributed by atoms with E-state index in [4.69, 9.17) is 11.6 Å². The van der Waals surface area contributed by atoms with Gasteiger partial charge in [-0.1, -0.05) is 41.9 Å². The predicted octanol–water partition coefficient (Wildman–Crippen LogP) is 3.52. The molecule has 0 atom stereocenters. The summed E-state index contributed by atoms with van der Waals surface area (Å²) in [6, 6.07) is 10.1. The summed E-state index contributed by atoms with van der Waals surface area (Å²) in [5, 5.41) is 0.381. The Morgan fingerprint density at radius 1 is 1.18 bits per heavy atom. The summed E-state index contributed by atoms with van der Waals surface area (Å²) in [4.78, 5) is 22.5. The summed E-state index contributed by atoms with van der Waals surface area (Å²) in [5.74, 6) is 0.851. The number of Topliss-reactive ketones (excluding diaryl/α,β-unsaturated/α-hetero) is 1. The molecule has 1 aromatic heterocycles. The van der Waals surface area contributed by atoms with Crippen molar-refractivity contribution in [3.63, 3.8) is 0 Å². The first-order valence-electron chi connectivity index (χ1n) is 7.51. The molecule has 0 unspecified atom stereocenters. The van der Waals surface area contributed by atoms with Crippen LogP contribution in [0, 0.1) is 0 Å². The van der Waals surface area contributed by atoms with E-state index in [1.165, 1.54) is 6.92 Å². The topological polar surface area (TPSA) is 46.1 Å². The molecular weight excluding hydrogens is 298 g/mol. The first kappa shape index (κ1) is 15.0. The fourth-order valence-corrected chi connectivity index (χ4v) is 2.98. The van der Waals surface area contributed by atoms with Gasteiger partial charge in [-0.3, -0.25) is 4.79 Å². The zero-order chi connectivity index (χ0) is 15.5. The maximum atomic E-state index is 11.6. The van der Waals surface area contributed by atoms with E-state index in [-0.39, 0.29) is 11.6 Å². The van der Waals surface area contributed by atoms with E-state index in [1.807, 2.05) is 18.2 Å². The second-order valence-corrected chi connectivity index (χ2v) is 5.91. The number of carbonyl (C=O) groups is 1. The minimum Gasteiger partial charge on any atom is -0.356 e. The summed E-state index contributed by atoms with van der Waals surface area (Å²) >= 11 is 6.38. The molecule has 0 spiro atoms. The van der Waals surface area contributed by atoms with Crippen LogP contribution in [0.4, 0.5) is 5.82 Å². The number of hydrogen-bond acceptors (Lipinski definition) is 4. The molecule has 0 bridgehead atoms. The normalized spacial score (nSPS) is 14.4. The smallest absolute Gasteiger partial charge is 0.199 e. The highest BCUT2D eigenvalue weighted by atomic mass is 35.5. The Kier molecular flexibility index (Phi) is 4.39. The lowest BCUT2D eigenvalue weighted by Crippen LogP contribution is -2.23. The van der Waals surface area contributed by atoms with Crippen molar-refractivity contribution in [2.24, 2.45) is 0 Å². The molecule has 1 saturated heterocycles. The van der Waals surface area contributed by atoms with Gasteiger partial charge in [0.05, 0.1) is 0 Å². The molecule has 3 rings (SSSR count). The Balaban J connectivity index is 2.04. The second kappa shape index (κ2) is 6.44. The standard InChI is InChI=1S/C17H18ClN3O/c1-12(22)16-19-15(18)14(11-13-7-3-2-4-8-13)17(20-16)21-9-5-6-10-21/h2-4,7-8H,5-6,9-11H2,1H3. The van der Waals surface area contributed by atoms with E-state index >= 15 is 0 Å². The van der Waals surface area contributed by atoms with Gasteiger partial charge >= 0.3 is 0 Å². The number of rotatable bonds is 4. The highest BCUT2D eigenvalue weighted by molar-refractivity contribution is 6.30. The highest BCUT2D eigenvalue weighted by Crippen LogP contribution is 2.29. The van der Waals surface area contributed by atoms with Crippen LogP contribution in [0.15, 0.2) is 30.3 Å².